The first-order valence-electron chi connectivity index (χ1n) is 10.6. The van der Waals surface area contributed by atoms with Crippen LogP contribution < -0.4 is 16.4 Å². The highest BCUT2D eigenvalue weighted by Gasteiger charge is 2.44. The average Bonchev–Trinajstić information content (AvgIpc) is 2.73. The number of rotatable bonds is 9. The summed E-state index contributed by atoms with van der Waals surface area (Å²) < 4.78 is 0. The Morgan fingerprint density at radius 1 is 1.03 bits per heavy atom. The number of hydrogen-bond donors (Lipinski definition) is 5. The Hall–Kier alpha value is -3.68. The Morgan fingerprint density at radius 2 is 1.62 bits per heavy atom. The van der Waals surface area contributed by atoms with Crippen molar-refractivity contribution in [2.45, 2.75) is 38.1 Å². The van der Waals surface area contributed by atoms with E-state index in [2.05, 4.69) is 10.6 Å². The van der Waals surface area contributed by atoms with E-state index in [1.165, 1.54) is 0 Å². The van der Waals surface area contributed by atoms with Gasteiger partial charge in [0.05, 0.1) is 12.0 Å². The summed E-state index contributed by atoms with van der Waals surface area (Å²) in [7, 11) is 0. The van der Waals surface area contributed by atoms with Crippen molar-refractivity contribution in [3.8, 4) is 0 Å². The number of benzene rings is 2. The zero-order valence-electron chi connectivity index (χ0n) is 17.9. The van der Waals surface area contributed by atoms with Gasteiger partial charge in [0.15, 0.2) is 0 Å². The molecule has 3 atom stereocenters. The standard InChI is InChI=1S/C24H28N4O4/c1-2-24(14-20(29)30,16-6-4-3-5-7-16)28-23(32)19-13-12-18(19)22(31)27-17-10-8-15(9-11-17)21(25)26/h3-11,18-19H,2,12-14H2,1H3,(H3,25,26)(H,27,31)(H,28,32)(H,29,30). The Labute approximate surface area is 186 Å². The van der Waals surface area contributed by atoms with Crippen LogP contribution in [0.3, 0.4) is 0 Å². The summed E-state index contributed by atoms with van der Waals surface area (Å²) in [6.07, 6.45) is 1.31. The molecule has 32 heavy (non-hydrogen) atoms. The predicted octanol–water partition coefficient (Wildman–Crippen LogP) is 2.83. The Bertz CT molecular complexity index is 1010. The average molecular weight is 437 g/mol. The summed E-state index contributed by atoms with van der Waals surface area (Å²) in [6.45, 7) is 1.84. The highest BCUT2D eigenvalue weighted by Crippen LogP contribution is 2.37. The number of carbonyl (C=O) groups excluding carboxylic acids is 2. The van der Waals surface area contributed by atoms with Gasteiger partial charge in [-0.1, -0.05) is 37.3 Å². The molecule has 2 aromatic carbocycles. The van der Waals surface area contributed by atoms with Crippen molar-refractivity contribution < 1.29 is 19.5 Å². The van der Waals surface area contributed by atoms with Crippen LogP contribution in [0.4, 0.5) is 5.69 Å². The first-order chi connectivity index (χ1) is 15.3. The van der Waals surface area contributed by atoms with Crippen LogP contribution in [0.5, 0.6) is 0 Å². The molecule has 2 amide bonds. The van der Waals surface area contributed by atoms with E-state index in [1.54, 1.807) is 24.3 Å². The van der Waals surface area contributed by atoms with Gasteiger partial charge < -0.3 is 21.5 Å². The van der Waals surface area contributed by atoms with E-state index in [-0.39, 0.29) is 24.1 Å². The maximum absolute atomic E-state index is 13.1. The number of carbonyl (C=O) groups is 3. The molecule has 1 saturated carbocycles. The molecule has 6 N–H and O–H groups in total. The Morgan fingerprint density at radius 3 is 2.12 bits per heavy atom. The van der Waals surface area contributed by atoms with E-state index in [0.29, 0.717) is 30.5 Å². The van der Waals surface area contributed by atoms with Crippen molar-refractivity contribution in [2.75, 3.05) is 5.32 Å². The lowest BCUT2D eigenvalue weighted by atomic mass is 9.71. The van der Waals surface area contributed by atoms with E-state index >= 15 is 0 Å². The van der Waals surface area contributed by atoms with Crippen LogP contribution in [-0.4, -0.2) is 28.7 Å². The number of carboxylic acid groups (broad SMARTS) is 1. The van der Waals surface area contributed by atoms with Crippen molar-refractivity contribution in [2.24, 2.45) is 17.6 Å². The summed E-state index contributed by atoms with van der Waals surface area (Å²) >= 11 is 0. The molecule has 8 heteroatoms. The van der Waals surface area contributed by atoms with E-state index in [1.807, 2.05) is 37.3 Å². The van der Waals surface area contributed by atoms with Crippen LogP contribution in [0.25, 0.3) is 0 Å². The number of amidine groups is 1. The van der Waals surface area contributed by atoms with Gasteiger partial charge in [0.1, 0.15) is 5.84 Å². The largest absolute Gasteiger partial charge is 0.481 e. The number of nitrogens with two attached hydrogens (primary N) is 1. The molecule has 0 aromatic heterocycles. The Kier molecular flexibility index (Phi) is 6.92. The molecule has 8 nitrogen and oxygen atoms in total. The smallest absolute Gasteiger partial charge is 0.306 e. The van der Waals surface area contributed by atoms with Crippen LogP contribution in [0.15, 0.2) is 54.6 Å². The first kappa shape index (κ1) is 23.0. The van der Waals surface area contributed by atoms with Gasteiger partial charge in [-0.3, -0.25) is 19.8 Å². The molecule has 0 spiro atoms. The van der Waals surface area contributed by atoms with E-state index in [9.17, 15) is 19.5 Å². The third kappa shape index (κ3) is 4.96. The van der Waals surface area contributed by atoms with Gasteiger partial charge in [-0.15, -0.1) is 0 Å². The number of nitrogen functional groups attached to an aromatic ring is 1. The molecule has 1 aliphatic rings. The summed E-state index contributed by atoms with van der Waals surface area (Å²) in [5, 5.41) is 22.7. The maximum atomic E-state index is 13.1. The van der Waals surface area contributed by atoms with Gasteiger partial charge >= 0.3 is 5.97 Å². The zero-order chi connectivity index (χ0) is 23.3. The second kappa shape index (κ2) is 9.64. The van der Waals surface area contributed by atoms with E-state index < -0.39 is 23.3 Å². The topological polar surface area (TPSA) is 145 Å². The molecule has 0 bridgehead atoms. The SMILES string of the molecule is CCC(CC(=O)O)(NC(=O)C1CCC1C(=O)Nc1ccc(C(=N)N)cc1)c1ccccc1. The molecule has 168 valence electrons. The second-order valence-corrected chi connectivity index (χ2v) is 8.13. The van der Waals surface area contributed by atoms with Gasteiger partial charge in [0.2, 0.25) is 11.8 Å². The minimum atomic E-state index is -1.04. The number of carboxylic acids is 1. The summed E-state index contributed by atoms with van der Waals surface area (Å²) in [4.78, 5) is 37.5. The van der Waals surface area contributed by atoms with Gasteiger partial charge in [0.25, 0.3) is 0 Å². The van der Waals surface area contributed by atoms with Gasteiger partial charge in [0, 0.05) is 23.1 Å². The number of aliphatic carboxylic acids is 1. The van der Waals surface area contributed by atoms with Gasteiger partial charge in [-0.25, -0.2) is 0 Å². The van der Waals surface area contributed by atoms with Crippen LogP contribution in [0.2, 0.25) is 0 Å². The molecular formula is C24H28N4O4. The monoisotopic (exact) mass is 436 g/mol. The third-order valence-corrected chi connectivity index (χ3v) is 6.16. The highest BCUT2D eigenvalue weighted by molar-refractivity contribution is 5.98. The highest BCUT2D eigenvalue weighted by atomic mass is 16.4. The third-order valence-electron chi connectivity index (χ3n) is 6.16. The van der Waals surface area contributed by atoms with Crippen molar-refractivity contribution >= 4 is 29.3 Å². The lowest BCUT2D eigenvalue weighted by Crippen LogP contribution is -2.53. The van der Waals surface area contributed by atoms with Gasteiger partial charge in [-0.05, 0) is 49.1 Å². The lowest BCUT2D eigenvalue weighted by Gasteiger charge is -2.39. The second-order valence-electron chi connectivity index (χ2n) is 8.13. The van der Waals surface area contributed by atoms with Crippen LogP contribution in [-0.2, 0) is 19.9 Å². The molecule has 0 radical (unpaired) electrons. The lowest BCUT2D eigenvalue weighted by molar-refractivity contribution is -0.142. The fourth-order valence-electron chi connectivity index (χ4n) is 4.08. The van der Waals surface area contributed by atoms with Crippen molar-refractivity contribution in [3.63, 3.8) is 0 Å². The number of nitrogens with one attached hydrogen (secondary N) is 3. The van der Waals surface area contributed by atoms with Crippen LogP contribution >= 0.6 is 0 Å². The number of amides is 2. The quantitative estimate of drug-likeness (QED) is 0.303. The molecule has 0 saturated heterocycles. The van der Waals surface area contributed by atoms with Crippen molar-refractivity contribution in [1.82, 2.24) is 5.32 Å². The normalized spacial score (nSPS) is 19.2. The molecule has 1 fully saturated rings. The molecule has 0 aliphatic heterocycles. The Balaban J connectivity index is 1.71. The molecular weight excluding hydrogens is 408 g/mol. The zero-order valence-corrected chi connectivity index (χ0v) is 17.9. The predicted molar refractivity (Wildman–Crippen MR) is 121 cm³/mol. The van der Waals surface area contributed by atoms with Gasteiger partial charge in [-0.2, -0.15) is 0 Å². The van der Waals surface area contributed by atoms with Crippen molar-refractivity contribution in [1.29, 1.82) is 5.41 Å². The summed E-state index contributed by atoms with van der Waals surface area (Å²) in [5.74, 6) is -2.64. The van der Waals surface area contributed by atoms with Crippen LogP contribution in [0.1, 0.15) is 43.7 Å². The molecule has 3 rings (SSSR count). The fraction of sp³-hybridized carbons (Fsp3) is 0.333. The molecule has 3 unspecified atom stereocenters. The number of hydrogen-bond acceptors (Lipinski definition) is 4. The summed E-state index contributed by atoms with van der Waals surface area (Å²) in [6, 6.07) is 15.7. The van der Waals surface area contributed by atoms with Crippen LogP contribution in [0, 0.1) is 17.2 Å². The fourth-order valence-corrected chi connectivity index (χ4v) is 4.08. The minimum absolute atomic E-state index is 0.0576. The molecule has 2 aromatic rings. The van der Waals surface area contributed by atoms with E-state index in [0.717, 1.165) is 5.56 Å². The maximum Gasteiger partial charge on any atom is 0.306 e. The van der Waals surface area contributed by atoms with E-state index in [4.69, 9.17) is 11.1 Å². The summed E-state index contributed by atoms with van der Waals surface area (Å²) in [5.41, 5.74) is 6.25. The molecule has 0 heterocycles. The molecule has 1 aliphatic carbocycles. The number of anilines is 1. The van der Waals surface area contributed by atoms with Crippen molar-refractivity contribution in [3.05, 3.63) is 65.7 Å². The minimum Gasteiger partial charge on any atom is -0.481 e. The first-order valence-corrected chi connectivity index (χ1v) is 10.6.